The zero-order valence-corrected chi connectivity index (χ0v) is 19.0. The Hall–Kier alpha value is -3.88. The lowest BCUT2D eigenvalue weighted by Gasteiger charge is -2.16. The van der Waals surface area contributed by atoms with Crippen LogP contribution in [0.2, 0.25) is 0 Å². The number of aromatic nitrogens is 4. The van der Waals surface area contributed by atoms with Crippen molar-refractivity contribution >= 4 is 5.91 Å². The zero-order valence-electron chi connectivity index (χ0n) is 19.0. The second kappa shape index (κ2) is 10.4. The van der Waals surface area contributed by atoms with Crippen LogP contribution in [0.4, 0.5) is 8.78 Å². The van der Waals surface area contributed by atoms with Crippen molar-refractivity contribution in [3.05, 3.63) is 77.3 Å². The average Bonchev–Trinajstić information content (AvgIpc) is 3.49. The third-order valence-electron chi connectivity index (χ3n) is 5.57. The third kappa shape index (κ3) is 5.72. The summed E-state index contributed by atoms with van der Waals surface area (Å²) in [6, 6.07) is 12.9. The summed E-state index contributed by atoms with van der Waals surface area (Å²) >= 11 is 0. The van der Waals surface area contributed by atoms with Crippen molar-refractivity contribution in [2.75, 3.05) is 13.6 Å². The fourth-order valence-corrected chi connectivity index (χ4v) is 3.53. The number of hydrogen-bond donors (Lipinski definition) is 1. The van der Waals surface area contributed by atoms with Crippen LogP contribution in [0.5, 0.6) is 0 Å². The van der Waals surface area contributed by atoms with Gasteiger partial charge in [0.15, 0.2) is 0 Å². The molecule has 4 rings (SSSR count). The molecule has 0 bridgehead atoms. The fraction of sp³-hybridized carbons (Fsp3) is 0.280. The number of halogens is 2. The van der Waals surface area contributed by atoms with E-state index in [4.69, 9.17) is 4.52 Å². The highest BCUT2D eigenvalue weighted by Gasteiger charge is 2.14. The minimum absolute atomic E-state index is 0.0359. The van der Waals surface area contributed by atoms with E-state index in [1.54, 1.807) is 43.1 Å². The number of H-pyrrole nitrogens is 1. The normalized spacial score (nSPS) is 11.1. The molecule has 0 atom stereocenters. The molecule has 2 heterocycles. The summed E-state index contributed by atoms with van der Waals surface area (Å²) < 4.78 is 32.4. The first-order chi connectivity index (χ1) is 16.4. The number of carbonyl (C=O) groups excluding carboxylic acids is 1. The van der Waals surface area contributed by atoms with Crippen molar-refractivity contribution in [2.24, 2.45) is 0 Å². The van der Waals surface area contributed by atoms with Crippen LogP contribution in [0.15, 0.2) is 53.1 Å². The molecule has 2 aromatic carbocycles. The Labute approximate surface area is 195 Å². The highest BCUT2D eigenvalue weighted by molar-refractivity contribution is 5.76. The first kappa shape index (κ1) is 23.3. The molecule has 0 radical (unpaired) electrons. The van der Waals surface area contributed by atoms with Crippen LogP contribution in [0.3, 0.4) is 0 Å². The molecule has 2 aromatic heterocycles. The van der Waals surface area contributed by atoms with Crippen LogP contribution in [0, 0.1) is 18.6 Å². The SMILES string of the molecule is Cc1ccc(-c2noc(CCC(=O)N(C)CCCc3cc(-c4cccc(F)c4)n[nH]3)n2)cc1F. The van der Waals surface area contributed by atoms with Crippen LogP contribution in [0.1, 0.15) is 30.0 Å². The summed E-state index contributed by atoms with van der Waals surface area (Å²) in [5, 5.41) is 11.1. The molecule has 0 aliphatic carbocycles. The van der Waals surface area contributed by atoms with Gasteiger partial charge in [-0.25, -0.2) is 8.78 Å². The lowest BCUT2D eigenvalue weighted by Crippen LogP contribution is -2.28. The molecule has 0 aliphatic rings. The summed E-state index contributed by atoms with van der Waals surface area (Å²) in [6.45, 7) is 2.26. The molecule has 0 fully saturated rings. The topological polar surface area (TPSA) is 87.9 Å². The minimum atomic E-state index is -0.332. The van der Waals surface area contributed by atoms with Crippen LogP contribution in [-0.4, -0.2) is 44.7 Å². The summed E-state index contributed by atoms with van der Waals surface area (Å²) in [6.07, 6.45) is 1.99. The van der Waals surface area contributed by atoms with Gasteiger partial charge in [-0.3, -0.25) is 9.89 Å². The van der Waals surface area contributed by atoms with Gasteiger partial charge in [0.05, 0.1) is 5.69 Å². The number of nitrogens with zero attached hydrogens (tertiary/aromatic N) is 4. The third-order valence-corrected chi connectivity index (χ3v) is 5.57. The first-order valence-corrected chi connectivity index (χ1v) is 11.0. The number of benzene rings is 2. The number of amides is 1. The molecule has 0 saturated heterocycles. The largest absolute Gasteiger partial charge is 0.346 e. The molecule has 176 valence electrons. The molecule has 1 N–H and O–H groups in total. The van der Waals surface area contributed by atoms with Gasteiger partial charge >= 0.3 is 0 Å². The van der Waals surface area contributed by atoms with E-state index in [1.807, 2.05) is 6.07 Å². The highest BCUT2D eigenvalue weighted by Crippen LogP contribution is 2.20. The van der Waals surface area contributed by atoms with E-state index in [0.717, 1.165) is 12.1 Å². The molecule has 4 aromatic rings. The molecule has 0 saturated carbocycles. The summed E-state index contributed by atoms with van der Waals surface area (Å²) in [5.41, 5.74) is 3.39. The Kier molecular flexibility index (Phi) is 7.10. The van der Waals surface area contributed by atoms with Crippen LogP contribution in [-0.2, 0) is 17.6 Å². The predicted octanol–water partition coefficient (Wildman–Crippen LogP) is 4.74. The molecule has 34 heavy (non-hydrogen) atoms. The molecular weight excluding hydrogens is 440 g/mol. The summed E-state index contributed by atoms with van der Waals surface area (Å²) in [5.74, 6) is -0.0397. The van der Waals surface area contributed by atoms with Gasteiger partial charge in [0.1, 0.15) is 11.6 Å². The Morgan fingerprint density at radius 2 is 1.94 bits per heavy atom. The number of aryl methyl sites for hydroxylation is 3. The van der Waals surface area contributed by atoms with Gasteiger partial charge in [-0.1, -0.05) is 29.4 Å². The van der Waals surface area contributed by atoms with Gasteiger partial charge in [-0.15, -0.1) is 0 Å². The Morgan fingerprint density at radius 3 is 2.74 bits per heavy atom. The summed E-state index contributed by atoms with van der Waals surface area (Å²) in [7, 11) is 1.75. The van der Waals surface area contributed by atoms with Gasteiger partial charge in [-0.05, 0) is 49.6 Å². The van der Waals surface area contributed by atoms with E-state index in [1.165, 1.54) is 18.2 Å². The summed E-state index contributed by atoms with van der Waals surface area (Å²) in [4.78, 5) is 18.4. The average molecular weight is 466 g/mol. The van der Waals surface area contributed by atoms with Crippen molar-refractivity contribution in [1.29, 1.82) is 0 Å². The number of nitrogens with one attached hydrogen (secondary N) is 1. The van der Waals surface area contributed by atoms with Crippen LogP contribution >= 0.6 is 0 Å². The first-order valence-electron chi connectivity index (χ1n) is 11.0. The van der Waals surface area contributed by atoms with Gasteiger partial charge in [0.2, 0.25) is 17.6 Å². The van der Waals surface area contributed by atoms with Gasteiger partial charge < -0.3 is 9.42 Å². The van der Waals surface area contributed by atoms with Crippen molar-refractivity contribution < 1.29 is 18.1 Å². The highest BCUT2D eigenvalue weighted by atomic mass is 19.1. The van der Waals surface area contributed by atoms with E-state index in [0.29, 0.717) is 53.5 Å². The second-order valence-corrected chi connectivity index (χ2v) is 8.18. The fourth-order valence-electron chi connectivity index (χ4n) is 3.53. The standard InChI is InChI=1S/C25H25F2N5O2/c1-16-8-9-18(14-21(16)27)25-28-23(34-31-25)10-11-24(33)32(2)12-4-7-20-15-22(30-29-20)17-5-3-6-19(26)13-17/h3,5-6,8-9,13-15H,4,7,10-12H2,1-2H3,(H,29,30). The molecule has 0 aliphatic heterocycles. The molecule has 1 amide bonds. The second-order valence-electron chi connectivity index (χ2n) is 8.18. The Morgan fingerprint density at radius 1 is 1.09 bits per heavy atom. The van der Waals surface area contributed by atoms with E-state index in [9.17, 15) is 13.6 Å². The number of rotatable bonds is 9. The van der Waals surface area contributed by atoms with E-state index in [-0.39, 0.29) is 24.0 Å². The van der Waals surface area contributed by atoms with E-state index in [2.05, 4.69) is 20.3 Å². The maximum Gasteiger partial charge on any atom is 0.227 e. The lowest BCUT2D eigenvalue weighted by atomic mass is 10.1. The van der Waals surface area contributed by atoms with Gasteiger partial charge in [0.25, 0.3) is 0 Å². The monoisotopic (exact) mass is 465 g/mol. The minimum Gasteiger partial charge on any atom is -0.346 e. The molecule has 0 spiro atoms. The van der Waals surface area contributed by atoms with Crippen LogP contribution in [0.25, 0.3) is 22.6 Å². The van der Waals surface area contributed by atoms with Crippen molar-refractivity contribution in [3.63, 3.8) is 0 Å². The molecule has 0 unspecified atom stereocenters. The number of aromatic amines is 1. The molecular formula is C25H25F2N5O2. The molecule has 7 nitrogen and oxygen atoms in total. The quantitative estimate of drug-likeness (QED) is 0.386. The molecule has 9 heteroatoms. The maximum absolute atomic E-state index is 13.8. The smallest absolute Gasteiger partial charge is 0.227 e. The van der Waals surface area contributed by atoms with Crippen molar-refractivity contribution in [1.82, 2.24) is 25.2 Å². The maximum atomic E-state index is 13.8. The van der Waals surface area contributed by atoms with Gasteiger partial charge in [0, 0.05) is 43.3 Å². The van der Waals surface area contributed by atoms with E-state index < -0.39 is 0 Å². The number of carbonyl (C=O) groups is 1. The van der Waals surface area contributed by atoms with Crippen molar-refractivity contribution in [2.45, 2.75) is 32.6 Å². The number of hydrogen-bond acceptors (Lipinski definition) is 5. The Bertz CT molecular complexity index is 1280. The Balaban J connectivity index is 1.23. The lowest BCUT2D eigenvalue weighted by molar-refractivity contribution is -0.130. The zero-order chi connectivity index (χ0) is 24.1. The van der Waals surface area contributed by atoms with E-state index >= 15 is 0 Å². The van der Waals surface area contributed by atoms with Crippen LogP contribution < -0.4 is 0 Å². The van der Waals surface area contributed by atoms with Crippen molar-refractivity contribution in [3.8, 4) is 22.6 Å². The predicted molar refractivity (Wildman–Crippen MR) is 123 cm³/mol. The van der Waals surface area contributed by atoms with Gasteiger partial charge in [-0.2, -0.15) is 10.1 Å².